The molecule has 0 saturated heterocycles. The molecule has 3 N–H and O–H groups in total. The summed E-state index contributed by atoms with van der Waals surface area (Å²) in [6.07, 6.45) is -2.90. The quantitative estimate of drug-likeness (QED) is 0.517. The minimum atomic E-state index is -4.58. The molecule has 3 atom stereocenters. The molecule has 2 aromatic rings. The molecule has 0 fully saturated rings. The standard InChI is InChI=1S/C23H25F5N6O3S/c1-11-21(2,33-20(29)38-22(11,3)19(36)34(4)5)13-6-12(7-14(24)17(13)25)32-18(35)15-8-31-16(9-30-15)37-10-23(26,27)28/h6-9,11H,10H2,1-5H3,(H2,29,33)(H,32,35)/t11-,21-,22-/m0/s1. The highest BCUT2D eigenvalue weighted by Crippen LogP contribution is 2.51. The zero-order chi connectivity index (χ0) is 28.6. The number of anilines is 1. The van der Waals surface area contributed by atoms with Crippen LogP contribution in [-0.2, 0) is 10.3 Å². The molecule has 1 aliphatic rings. The Kier molecular flexibility index (Phi) is 7.91. The molecule has 0 aliphatic carbocycles. The van der Waals surface area contributed by atoms with Crippen LogP contribution in [0.4, 0.5) is 27.6 Å². The Morgan fingerprint density at radius 2 is 1.84 bits per heavy atom. The fraction of sp³-hybridized carbons (Fsp3) is 0.435. The Labute approximate surface area is 219 Å². The van der Waals surface area contributed by atoms with Crippen LogP contribution in [0.15, 0.2) is 29.5 Å². The molecule has 0 bridgehead atoms. The summed E-state index contributed by atoms with van der Waals surface area (Å²) in [6, 6.07) is 1.92. The second kappa shape index (κ2) is 10.3. The number of alkyl halides is 3. The number of nitrogens with zero attached hydrogens (tertiary/aromatic N) is 4. The zero-order valence-electron chi connectivity index (χ0n) is 21.0. The number of aromatic nitrogens is 2. The molecule has 0 unspecified atom stereocenters. The number of amides is 2. The topological polar surface area (TPSA) is 123 Å². The van der Waals surface area contributed by atoms with Crippen molar-refractivity contribution in [3.63, 3.8) is 0 Å². The number of carbonyl (C=O) groups is 2. The number of ether oxygens (including phenoxy) is 1. The third-order valence-corrected chi connectivity index (χ3v) is 7.49. The lowest BCUT2D eigenvalue weighted by Gasteiger charge is -2.47. The molecule has 2 heterocycles. The molecule has 1 aliphatic heterocycles. The van der Waals surface area contributed by atoms with Crippen LogP contribution in [0.2, 0.25) is 0 Å². The Bertz CT molecular complexity index is 1270. The van der Waals surface area contributed by atoms with E-state index in [1.54, 1.807) is 27.9 Å². The Morgan fingerprint density at radius 1 is 1.18 bits per heavy atom. The minimum Gasteiger partial charge on any atom is -0.467 e. The van der Waals surface area contributed by atoms with Gasteiger partial charge in [-0.1, -0.05) is 18.7 Å². The number of carbonyl (C=O) groups excluding carboxylic acids is 2. The van der Waals surface area contributed by atoms with Crippen LogP contribution in [0.3, 0.4) is 0 Å². The van der Waals surface area contributed by atoms with Crippen molar-refractivity contribution in [3.8, 4) is 5.88 Å². The smallest absolute Gasteiger partial charge is 0.422 e. The maximum atomic E-state index is 15.2. The molecule has 1 aromatic carbocycles. The molecule has 0 saturated carbocycles. The highest BCUT2D eigenvalue weighted by molar-refractivity contribution is 8.15. The van der Waals surface area contributed by atoms with Crippen LogP contribution in [-0.4, -0.2) is 63.5 Å². The average molecular weight is 561 g/mol. The predicted octanol–water partition coefficient (Wildman–Crippen LogP) is 3.71. The van der Waals surface area contributed by atoms with Crippen molar-refractivity contribution in [1.29, 1.82) is 0 Å². The van der Waals surface area contributed by atoms with E-state index in [1.807, 2.05) is 0 Å². The third-order valence-electron chi connectivity index (χ3n) is 6.24. The van der Waals surface area contributed by atoms with E-state index in [0.717, 1.165) is 30.2 Å². The third kappa shape index (κ3) is 5.81. The number of nitrogens with one attached hydrogen (secondary N) is 1. The molecule has 9 nitrogen and oxygen atoms in total. The van der Waals surface area contributed by atoms with Gasteiger partial charge in [-0.05, 0) is 19.9 Å². The number of halogens is 5. The summed E-state index contributed by atoms with van der Waals surface area (Å²) < 4.78 is 70.0. The van der Waals surface area contributed by atoms with Gasteiger partial charge >= 0.3 is 6.18 Å². The summed E-state index contributed by atoms with van der Waals surface area (Å²) in [5.41, 5.74) is 3.80. The van der Waals surface area contributed by atoms with Crippen molar-refractivity contribution < 1.29 is 36.3 Å². The molecular formula is C23H25F5N6O3S. The van der Waals surface area contributed by atoms with Crippen molar-refractivity contribution in [2.75, 3.05) is 26.0 Å². The Morgan fingerprint density at radius 3 is 2.39 bits per heavy atom. The lowest BCUT2D eigenvalue weighted by molar-refractivity contribution is -0.154. The van der Waals surface area contributed by atoms with Crippen LogP contribution >= 0.6 is 11.8 Å². The molecule has 38 heavy (non-hydrogen) atoms. The summed E-state index contributed by atoms with van der Waals surface area (Å²) in [7, 11) is 3.13. The molecule has 2 amide bonds. The average Bonchev–Trinajstić information content (AvgIpc) is 2.82. The molecule has 3 rings (SSSR count). The van der Waals surface area contributed by atoms with Crippen LogP contribution < -0.4 is 15.8 Å². The summed E-state index contributed by atoms with van der Waals surface area (Å²) >= 11 is 1.02. The predicted molar refractivity (Wildman–Crippen MR) is 131 cm³/mol. The van der Waals surface area contributed by atoms with Gasteiger partial charge in [0, 0.05) is 37.3 Å². The van der Waals surface area contributed by atoms with Gasteiger partial charge in [0.2, 0.25) is 11.8 Å². The molecule has 15 heteroatoms. The zero-order valence-corrected chi connectivity index (χ0v) is 21.8. The second-order valence-electron chi connectivity index (χ2n) is 9.15. The van der Waals surface area contributed by atoms with Gasteiger partial charge in [0.25, 0.3) is 5.91 Å². The van der Waals surface area contributed by atoms with Gasteiger partial charge in [-0.3, -0.25) is 14.6 Å². The van der Waals surface area contributed by atoms with Crippen molar-refractivity contribution >= 4 is 34.4 Å². The van der Waals surface area contributed by atoms with E-state index in [0.29, 0.717) is 0 Å². The monoisotopic (exact) mass is 560 g/mol. The SMILES string of the molecule is C[C@@H]1[C@@](C)(C(=O)N(C)C)SC(N)=N[C@]1(C)c1cc(NC(=O)c2cnc(OCC(F)(F)F)cn2)cc(F)c1F. The van der Waals surface area contributed by atoms with E-state index < -0.39 is 52.4 Å². The minimum absolute atomic E-state index is 0.000605. The molecule has 0 radical (unpaired) electrons. The Balaban J connectivity index is 1.93. The summed E-state index contributed by atoms with van der Waals surface area (Å²) in [4.78, 5) is 38.7. The van der Waals surface area contributed by atoms with Gasteiger partial charge < -0.3 is 20.7 Å². The van der Waals surface area contributed by atoms with E-state index in [2.05, 4.69) is 25.0 Å². The highest BCUT2D eigenvalue weighted by Gasteiger charge is 2.54. The molecule has 1 aromatic heterocycles. The van der Waals surface area contributed by atoms with Crippen LogP contribution in [0.5, 0.6) is 5.88 Å². The van der Waals surface area contributed by atoms with Gasteiger partial charge in [0.15, 0.2) is 23.4 Å². The van der Waals surface area contributed by atoms with E-state index in [-0.39, 0.29) is 28.0 Å². The normalized spacial score (nSPS) is 23.4. The van der Waals surface area contributed by atoms with Crippen LogP contribution in [0.25, 0.3) is 0 Å². The van der Waals surface area contributed by atoms with Crippen molar-refractivity contribution in [1.82, 2.24) is 14.9 Å². The first-order valence-electron chi connectivity index (χ1n) is 11.1. The fourth-order valence-corrected chi connectivity index (χ4v) is 5.39. The fourth-order valence-electron chi connectivity index (χ4n) is 4.05. The lowest BCUT2D eigenvalue weighted by Crippen LogP contribution is -2.56. The number of thioether (sulfide) groups is 1. The maximum Gasteiger partial charge on any atom is 0.422 e. The number of rotatable bonds is 6. The maximum absolute atomic E-state index is 15.2. The summed E-state index contributed by atoms with van der Waals surface area (Å²) in [5, 5.41) is 2.36. The van der Waals surface area contributed by atoms with Crippen LogP contribution in [0, 0.1) is 17.6 Å². The number of nitrogens with two attached hydrogens (primary N) is 1. The summed E-state index contributed by atoms with van der Waals surface area (Å²) in [6.45, 7) is 3.24. The van der Waals surface area contributed by atoms with Crippen molar-refractivity contribution in [2.24, 2.45) is 16.6 Å². The first-order chi connectivity index (χ1) is 17.5. The Hall–Kier alpha value is -3.49. The van der Waals surface area contributed by atoms with E-state index in [1.165, 1.54) is 17.9 Å². The van der Waals surface area contributed by atoms with E-state index in [4.69, 9.17) is 5.73 Å². The molecular weight excluding hydrogens is 535 g/mol. The molecule has 206 valence electrons. The first kappa shape index (κ1) is 29.1. The van der Waals surface area contributed by atoms with Crippen molar-refractivity contribution in [2.45, 2.75) is 37.2 Å². The van der Waals surface area contributed by atoms with Gasteiger partial charge in [0.1, 0.15) is 10.4 Å². The second-order valence-corrected chi connectivity index (χ2v) is 10.6. The van der Waals surface area contributed by atoms with E-state index >= 15 is 4.39 Å². The van der Waals surface area contributed by atoms with Crippen molar-refractivity contribution in [3.05, 3.63) is 47.4 Å². The van der Waals surface area contributed by atoms with Gasteiger partial charge in [-0.15, -0.1) is 0 Å². The summed E-state index contributed by atoms with van der Waals surface area (Å²) in [5.74, 6) is -4.86. The van der Waals surface area contributed by atoms with Gasteiger partial charge in [0.05, 0.1) is 17.9 Å². The van der Waals surface area contributed by atoms with Gasteiger partial charge in [-0.2, -0.15) is 13.2 Å². The molecule has 0 spiro atoms. The van der Waals surface area contributed by atoms with Crippen LogP contribution in [0.1, 0.15) is 36.8 Å². The van der Waals surface area contributed by atoms with Gasteiger partial charge in [-0.25, -0.2) is 18.7 Å². The number of aliphatic imine (C=N–C) groups is 1. The van der Waals surface area contributed by atoms with E-state index in [9.17, 15) is 27.2 Å². The highest BCUT2D eigenvalue weighted by atomic mass is 32.2. The number of amidine groups is 1. The largest absolute Gasteiger partial charge is 0.467 e. The number of hydrogen-bond donors (Lipinski definition) is 2. The number of hydrogen-bond acceptors (Lipinski definition) is 8. The number of benzene rings is 1. The first-order valence-corrected chi connectivity index (χ1v) is 11.9. The lowest BCUT2D eigenvalue weighted by atomic mass is 9.73.